The third kappa shape index (κ3) is 3.52. The van der Waals surface area contributed by atoms with Gasteiger partial charge in [0.15, 0.2) is 17.2 Å². The minimum atomic E-state index is -2.04. The van der Waals surface area contributed by atoms with Crippen molar-refractivity contribution in [2.24, 2.45) is 28.6 Å². The third-order valence-electron chi connectivity index (χ3n) is 9.96. The maximum absolute atomic E-state index is 17.2. The average Bonchev–Trinajstić information content (AvgIpc) is 3.03. The molecule has 0 aromatic rings. The molecule has 9 heteroatoms. The van der Waals surface area contributed by atoms with E-state index >= 15 is 4.39 Å². The highest BCUT2D eigenvalue weighted by Gasteiger charge is 2.75. The zero-order valence-corrected chi connectivity index (χ0v) is 22.1. The number of aliphatic hydroxyl groups excluding tert-OH is 1. The van der Waals surface area contributed by atoms with Crippen LogP contribution in [0.3, 0.4) is 0 Å². The van der Waals surface area contributed by atoms with E-state index in [0.717, 1.165) is 11.8 Å². The fourth-order valence-corrected chi connectivity index (χ4v) is 8.85. The van der Waals surface area contributed by atoms with Gasteiger partial charge in [-0.1, -0.05) is 44.2 Å². The number of Topliss-reactive ketones (excluding diaryl/α,β-unsaturated/α-hetero) is 1. The minimum Gasteiger partial charge on any atom is -0.390 e. The Morgan fingerprint density at radius 2 is 2.03 bits per heavy atom. The summed E-state index contributed by atoms with van der Waals surface area (Å²) >= 11 is 0.765. The quantitative estimate of drug-likeness (QED) is 0.441. The summed E-state index contributed by atoms with van der Waals surface area (Å²) in [5.41, 5.74) is -5.40. The second-order valence-corrected chi connectivity index (χ2v) is 12.4. The number of carbonyl (C=O) groups is 4. The van der Waals surface area contributed by atoms with Gasteiger partial charge in [0.1, 0.15) is 5.60 Å². The lowest BCUT2D eigenvalue weighted by molar-refractivity contribution is -0.218. The lowest BCUT2D eigenvalue weighted by atomic mass is 9.44. The van der Waals surface area contributed by atoms with E-state index in [9.17, 15) is 29.4 Å². The molecule has 0 aromatic carbocycles. The van der Waals surface area contributed by atoms with Gasteiger partial charge in [-0.15, -0.1) is 0 Å². The molecule has 0 bridgehead atoms. The zero-order chi connectivity index (χ0) is 26.7. The molecule has 7 nitrogen and oxygen atoms in total. The predicted molar refractivity (Wildman–Crippen MR) is 134 cm³/mol. The first-order chi connectivity index (χ1) is 16.8. The molecule has 3 unspecified atom stereocenters. The number of alkyl halides is 1. The Labute approximate surface area is 215 Å². The Bertz CT molecular complexity index is 1050. The van der Waals surface area contributed by atoms with Gasteiger partial charge in [-0.25, -0.2) is 4.39 Å². The Morgan fingerprint density at radius 1 is 1.33 bits per heavy atom. The number of rotatable bonds is 7. The van der Waals surface area contributed by atoms with Gasteiger partial charge in [0, 0.05) is 16.7 Å². The Balaban J connectivity index is 1.63. The van der Waals surface area contributed by atoms with Crippen LogP contribution in [0, 0.1) is 28.6 Å². The number of hydrogen-bond donors (Lipinski definition) is 3. The second-order valence-electron chi connectivity index (χ2n) is 11.4. The van der Waals surface area contributed by atoms with Gasteiger partial charge < -0.3 is 15.5 Å². The number of carbonyl (C=O) groups excluding carboxylic acids is 4. The number of aliphatic hydroxyl groups is 2. The van der Waals surface area contributed by atoms with Crippen molar-refractivity contribution in [1.82, 2.24) is 5.32 Å². The van der Waals surface area contributed by atoms with Gasteiger partial charge in [0.25, 0.3) is 0 Å². The van der Waals surface area contributed by atoms with Gasteiger partial charge in [-0.05, 0) is 63.0 Å². The third-order valence-corrected chi connectivity index (χ3v) is 10.9. The van der Waals surface area contributed by atoms with Crippen molar-refractivity contribution in [1.29, 1.82) is 0 Å². The van der Waals surface area contributed by atoms with E-state index in [0.29, 0.717) is 37.7 Å². The monoisotopic (exact) mass is 521 g/mol. The number of amides is 1. The highest BCUT2D eigenvalue weighted by Crippen LogP contribution is 2.70. The van der Waals surface area contributed by atoms with Gasteiger partial charge in [-0.3, -0.25) is 19.2 Å². The van der Waals surface area contributed by atoms with Crippen molar-refractivity contribution in [3.8, 4) is 0 Å². The van der Waals surface area contributed by atoms with Crippen molar-refractivity contribution in [2.45, 2.75) is 83.2 Å². The van der Waals surface area contributed by atoms with Gasteiger partial charge >= 0.3 is 0 Å². The van der Waals surface area contributed by atoms with Crippen LogP contribution in [0.2, 0.25) is 0 Å². The second kappa shape index (κ2) is 9.17. The van der Waals surface area contributed by atoms with Crippen LogP contribution in [0.5, 0.6) is 0 Å². The van der Waals surface area contributed by atoms with Crippen LogP contribution in [0.1, 0.15) is 59.8 Å². The van der Waals surface area contributed by atoms with Crippen molar-refractivity contribution < 1.29 is 33.8 Å². The van der Waals surface area contributed by atoms with Gasteiger partial charge in [0.05, 0.1) is 17.9 Å². The predicted octanol–water partition coefficient (Wildman–Crippen LogP) is 2.69. The number of hydrogen-bond acceptors (Lipinski definition) is 7. The summed E-state index contributed by atoms with van der Waals surface area (Å²) in [7, 11) is 0. The van der Waals surface area contributed by atoms with Crippen LogP contribution in [0.15, 0.2) is 23.8 Å². The molecule has 3 saturated carbocycles. The number of halogens is 1. The normalized spacial score (nSPS) is 44.1. The number of ketones is 2. The summed E-state index contributed by atoms with van der Waals surface area (Å²) in [6.07, 6.45) is 5.03. The Kier molecular flexibility index (Phi) is 6.93. The molecular formula is C27H36FNO6S. The molecule has 4 rings (SSSR count). The van der Waals surface area contributed by atoms with Crippen molar-refractivity contribution in [3.05, 3.63) is 23.8 Å². The van der Waals surface area contributed by atoms with Crippen molar-refractivity contribution in [3.63, 3.8) is 0 Å². The zero-order valence-electron chi connectivity index (χ0n) is 21.3. The summed E-state index contributed by atoms with van der Waals surface area (Å²) in [6, 6.07) is -0.719. The summed E-state index contributed by atoms with van der Waals surface area (Å²) in [5.74, 6) is -2.42. The fraction of sp³-hybridized carbons (Fsp3) is 0.704. The molecule has 3 N–H and O–H groups in total. The highest BCUT2D eigenvalue weighted by molar-refractivity contribution is 8.14. The molecule has 0 aromatic heterocycles. The molecule has 1 amide bonds. The van der Waals surface area contributed by atoms with Crippen LogP contribution in [0.25, 0.3) is 0 Å². The molecule has 0 aliphatic heterocycles. The number of nitrogens with one attached hydrogen (secondary N) is 1. The first kappa shape index (κ1) is 27.2. The average molecular weight is 522 g/mol. The van der Waals surface area contributed by atoms with E-state index in [1.165, 1.54) is 12.2 Å². The van der Waals surface area contributed by atoms with Crippen LogP contribution >= 0.6 is 11.8 Å². The SMILES string of the molecule is CCC(NC=O)C(=O)SCC(=O)[C@@]1(O)C(C)C[C@H]2[C@@H]3CCC4=CC(=O)C=C[C@]4(C)[C@@]3(F)C(O)C[C@@]21C. The summed E-state index contributed by atoms with van der Waals surface area (Å²) in [6.45, 7) is 7.02. The van der Waals surface area contributed by atoms with Crippen LogP contribution in [-0.2, 0) is 19.2 Å². The molecule has 4 aliphatic rings. The first-order valence-electron chi connectivity index (χ1n) is 12.7. The number of fused-ring (bicyclic) bond motifs is 5. The molecule has 0 heterocycles. The lowest BCUT2D eigenvalue weighted by Gasteiger charge is -2.62. The molecule has 36 heavy (non-hydrogen) atoms. The van der Waals surface area contributed by atoms with E-state index < -0.39 is 51.9 Å². The van der Waals surface area contributed by atoms with Crippen LogP contribution in [-0.4, -0.2) is 62.5 Å². The standard InChI is InChI=1S/C27H36FNO6S/c1-5-20(29-14-30)23(34)36-13-22(33)27(35)15(2)10-19-18-7-6-16-11-17(31)8-9-24(16,3)26(18,28)21(32)12-25(19,27)4/h8-9,11,14-15,18-21,32,35H,5-7,10,12-13H2,1-4H3,(H,29,30)/t15?,18-,19-,20?,21?,24-,25-,26-,27-/m0/s1. The Hall–Kier alpha value is -1.84. The molecule has 3 fully saturated rings. The smallest absolute Gasteiger partial charge is 0.211 e. The van der Waals surface area contributed by atoms with E-state index in [2.05, 4.69) is 5.32 Å². The van der Waals surface area contributed by atoms with Crippen LogP contribution < -0.4 is 5.32 Å². The van der Waals surface area contributed by atoms with Crippen molar-refractivity contribution >= 4 is 34.9 Å². The lowest BCUT2D eigenvalue weighted by Crippen LogP contribution is -2.69. The van der Waals surface area contributed by atoms with Gasteiger partial charge in [0.2, 0.25) is 11.5 Å². The minimum absolute atomic E-state index is 0.106. The maximum Gasteiger partial charge on any atom is 0.211 e. The molecule has 0 radical (unpaired) electrons. The largest absolute Gasteiger partial charge is 0.390 e. The maximum atomic E-state index is 17.2. The first-order valence-corrected chi connectivity index (χ1v) is 13.7. The Morgan fingerprint density at radius 3 is 2.67 bits per heavy atom. The van der Waals surface area contributed by atoms with E-state index in [1.807, 2.05) is 0 Å². The topological polar surface area (TPSA) is 121 Å². The molecule has 198 valence electrons. The fourth-order valence-electron chi connectivity index (χ4n) is 7.92. The summed E-state index contributed by atoms with van der Waals surface area (Å²) < 4.78 is 17.2. The van der Waals surface area contributed by atoms with E-state index in [4.69, 9.17) is 0 Å². The van der Waals surface area contributed by atoms with Crippen molar-refractivity contribution in [2.75, 3.05) is 5.75 Å². The molecule has 0 saturated heterocycles. The summed E-state index contributed by atoms with van der Waals surface area (Å²) in [4.78, 5) is 48.8. The molecule has 4 aliphatic carbocycles. The van der Waals surface area contributed by atoms with E-state index in [-0.39, 0.29) is 29.0 Å². The molecular weight excluding hydrogens is 485 g/mol. The van der Waals surface area contributed by atoms with Gasteiger partial charge in [-0.2, -0.15) is 0 Å². The molecule has 9 atom stereocenters. The van der Waals surface area contributed by atoms with Crippen LogP contribution in [0.4, 0.5) is 4.39 Å². The summed E-state index contributed by atoms with van der Waals surface area (Å²) in [5, 5.41) is 25.4. The number of allylic oxidation sites excluding steroid dienone is 4. The highest BCUT2D eigenvalue weighted by atomic mass is 32.2. The molecule has 0 spiro atoms. The van der Waals surface area contributed by atoms with E-state index in [1.54, 1.807) is 33.8 Å². The number of thioether (sulfide) groups is 1.